The zero-order valence-electron chi connectivity index (χ0n) is 22.9. The summed E-state index contributed by atoms with van der Waals surface area (Å²) < 4.78 is 12.2. The van der Waals surface area contributed by atoms with Crippen molar-refractivity contribution >= 4 is 5.97 Å². The van der Waals surface area contributed by atoms with Crippen molar-refractivity contribution in [3.05, 3.63) is 59.7 Å². The highest BCUT2D eigenvalue weighted by Gasteiger charge is 2.36. The molecule has 0 bridgehead atoms. The Kier molecular flexibility index (Phi) is 9.07. The van der Waals surface area contributed by atoms with E-state index in [1.165, 1.54) is 30.4 Å². The van der Waals surface area contributed by atoms with E-state index in [0.717, 1.165) is 50.7 Å². The van der Waals surface area contributed by atoms with Crippen LogP contribution in [0.3, 0.4) is 0 Å². The molecule has 0 aliphatic heterocycles. The SMILES string of the molecule is CCCC(C)(CC)Oc1ccc(C2(c3ccc(OC(=O)C(C)(CC)CC)cc3)CCCCC2)cc1. The summed E-state index contributed by atoms with van der Waals surface area (Å²) in [6.45, 7) is 12.7. The Balaban J connectivity index is 1.84. The van der Waals surface area contributed by atoms with E-state index in [1.807, 2.05) is 32.9 Å². The lowest BCUT2D eigenvalue weighted by molar-refractivity contribution is -0.145. The highest BCUT2D eigenvalue weighted by atomic mass is 16.5. The molecule has 0 aromatic heterocycles. The van der Waals surface area contributed by atoms with Crippen LogP contribution in [0, 0.1) is 5.41 Å². The van der Waals surface area contributed by atoms with Crippen LogP contribution < -0.4 is 9.47 Å². The molecule has 0 heterocycles. The molecule has 3 rings (SSSR count). The number of ether oxygens (including phenoxy) is 2. The van der Waals surface area contributed by atoms with E-state index in [4.69, 9.17) is 9.47 Å². The van der Waals surface area contributed by atoms with Crippen LogP contribution in [0.15, 0.2) is 48.5 Å². The number of carbonyl (C=O) groups is 1. The first-order chi connectivity index (χ1) is 16.7. The molecular weight excluding hydrogens is 432 g/mol. The third-order valence-electron chi connectivity index (χ3n) is 8.68. The molecule has 0 N–H and O–H groups in total. The summed E-state index contributed by atoms with van der Waals surface area (Å²) in [5.41, 5.74) is 2.12. The van der Waals surface area contributed by atoms with Gasteiger partial charge in [0.15, 0.2) is 0 Å². The molecule has 3 nitrogen and oxygen atoms in total. The Labute approximate surface area is 213 Å². The highest BCUT2D eigenvalue weighted by molar-refractivity contribution is 5.78. The maximum atomic E-state index is 12.7. The van der Waals surface area contributed by atoms with Gasteiger partial charge < -0.3 is 9.47 Å². The zero-order chi connectivity index (χ0) is 25.5. The van der Waals surface area contributed by atoms with Gasteiger partial charge in [-0.2, -0.15) is 0 Å². The molecule has 1 atom stereocenters. The van der Waals surface area contributed by atoms with Gasteiger partial charge in [-0.3, -0.25) is 4.79 Å². The van der Waals surface area contributed by atoms with Gasteiger partial charge in [0.05, 0.1) is 5.41 Å². The molecule has 0 amide bonds. The van der Waals surface area contributed by atoms with Crippen LogP contribution in [0.5, 0.6) is 11.5 Å². The monoisotopic (exact) mass is 478 g/mol. The number of rotatable bonds is 11. The van der Waals surface area contributed by atoms with E-state index < -0.39 is 5.41 Å². The van der Waals surface area contributed by atoms with Crippen LogP contribution in [0.2, 0.25) is 0 Å². The molecule has 192 valence electrons. The van der Waals surface area contributed by atoms with Gasteiger partial charge in [0.2, 0.25) is 0 Å². The van der Waals surface area contributed by atoms with Crippen LogP contribution in [-0.2, 0) is 10.2 Å². The molecule has 1 unspecified atom stereocenters. The van der Waals surface area contributed by atoms with Gasteiger partial charge in [-0.15, -0.1) is 0 Å². The Morgan fingerprint density at radius 2 is 1.29 bits per heavy atom. The molecule has 35 heavy (non-hydrogen) atoms. The van der Waals surface area contributed by atoms with Gasteiger partial charge in [0, 0.05) is 5.41 Å². The number of hydrogen-bond acceptors (Lipinski definition) is 3. The third kappa shape index (κ3) is 6.11. The van der Waals surface area contributed by atoms with Gasteiger partial charge in [-0.25, -0.2) is 0 Å². The van der Waals surface area contributed by atoms with Gasteiger partial charge in [0.25, 0.3) is 0 Å². The maximum Gasteiger partial charge on any atom is 0.317 e. The Bertz CT molecular complexity index is 934. The lowest BCUT2D eigenvalue weighted by Gasteiger charge is -2.39. The Morgan fingerprint density at radius 1 is 0.771 bits per heavy atom. The predicted octanol–water partition coefficient (Wildman–Crippen LogP) is 9.02. The molecule has 1 fully saturated rings. The zero-order valence-corrected chi connectivity index (χ0v) is 22.9. The smallest absolute Gasteiger partial charge is 0.317 e. The van der Waals surface area contributed by atoms with Crippen molar-refractivity contribution in [2.45, 2.75) is 117 Å². The van der Waals surface area contributed by atoms with Gasteiger partial charge >= 0.3 is 5.97 Å². The third-order valence-corrected chi connectivity index (χ3v) is 8.68. The second-order valence-corrected chi connectivity index (χ2v) is 11.0. The topological polar surface area (TPSA) is 35.5 Å². The summed E-state index contributed by atoms with van der Waals surface area (Å²) in [5.74, 6) is 1.45. The van der Waals surface area contributed by atoms with Crippen molar-refractivity contribution in [2.75, 3.05) is 0 Å². The first kappa shape index (κ1) is 27.3. The van der Waals surface area contributed by atoms with E-state index in [9.17, 15) is 4.79 Å². The Hall–Kier alpha value is -2.29. The average Bonchev–Trinajstić information content (AvgIpc) is 2.89. The molecule has 1 aliphatic rings. The number of benzene rings is 2. The fraction of sp³-hybridized carbons (Fsp3) is 0.594. The van der Waals surface area contributed by atoms with E-state index in [-0.39, 0.29) is 17.0 Å². The summed E-state index contributed by atoms with van der Waals surface area (Å²) >= 11 is 0. The minimum Gasteiger partial charge on any atom is -0.488 e. The van der Waals surface area contributed by atoms with Crippen LogP contribution in [0.25, 0.3) is 0 Å². The largest absolute Gasteiger partial charge is 0.488 e. The van der Waals surface area contributed by atoms with Crippen LogP contribution in [0.1, 0.15) is 117 Å². The van der Waals surface area contributed by atoms with Crippen molar-refractivity contribution in [2.24, 2.45) is 5.41 Å². The quantitative estimate of drug-likeness (QED) is 0.239. The van der Waals surface area contributed by atoms with Gasteiger partial charge in [0.1, 0.15) is 17.1 Å². The molecule has 0 radical (unpaired) electrons. The molecule has 1 aliphatic carbocycles. The average molecular weight is 479 g/mol. The molecule has 3 heteroatoms. The summed E-state index contributed by atoms with van der Waals surface area (Å²) in [6.07, 6.45) is 10.7. The van der Waals surface area contributed by atoms with Crippen molar-refractivity contribution < 1.29 is 14.3 Å². The second-order valence-electron chi connectivity index (χ2n) is 11.0. The van der Waals surface area contributed by atoms with Crippen molar-refractivity contribution in [1.29, 1.82) is 0 Å². The fourth-order valence-electron chi connectivity index (χ4n) is 5.47. The van der Waals surface area contributed by atoms with Gasteiger partial charge in [-0.05, 0) is 87.8 Å². The molecule has 2 aromatic rings. The number of carbonyl (C=O) groups excluding carboxylic acids is 1. The summed E-state index contributed by atoms with van der Waals surface area (Å²) in [5, 5.41) is 0. The highest BCUT2D eigenvalue weighted by Crippen LogP contribution is 2.46. The normalized spacial score (nSPS) is 17.4. The summed E-state index contributed by atoms with van der Waals surface area (Å²) in [7, 11) is 0. The van der Waals surface area contributed by atoms with Crippen molar-refractivity contribution in [3.63, 3.8) is 0 Å². The van der Waals surface area contributed by atoms with E-state index in [2.05, 4.69) is 57.2 Å². The van der Waals surface area contributed by atoms with Crippen molar-refractivity contribution in [1.82, 2.24) is 0 Å². The summed E-state index contributed by atoms with van der Waals surface area (Å²) in [4.78, 5) is 12.7. The molecule has 0 spiro atoms. The molecule has 2 aromatic carbocycles. The minimum atomic E-state index is -0.432. The van der Waals surface area contributed by atoms with Gasteiger partial charge in [-0.1, -0.05) is 77.6 Å². The molecule has 1 saturated carbocycles. The molecule has 0 saturated heterocycles. The maximum absolute atomic E-state index is 12.7. The lowest BCUT2D eigenvalue weighted by Crippen LogP contribution is -2.32. The fourth-order valence-corrected chi connectivity index (χ4v) is 5.47. The molecular formula is C32H46O3. The van der Waals surface area contributed by atoms with E-state index in [1.54, 1.807) is 0 Å². The van der Waals surface area contributed by atoms with Crippen LogP contribution in [-0.4, -0.2) is 11.6 Å². The number of esters is 1. The number of hydrogen-bond donors (Lipinski definition) is 0. The predicted molar refractivity (Wildman–Crippen MR) is 145 cm³/mol. The first-order valence-corrected chi connectivity index (χ1v) is 13.9. The summed E-state index contributed by atoms with van der Waals surface area (Å²) in [6, 6.07) is 17.1. The van der Waals surface area contributed by atoms with Crippen molar-refractivity contribution in [3.8, 4) is 11.5 Å². The minimum absolute atomic E-state index is 0.00184. The first-order valence-electron chi connectivity index (χ1n) is 13.9. The van der Waals surface area contributed by atoms with E-state index in [0.29, 0.717) is 5.75 Å². The second kappa shape index (κ2) is 11.6. The standard InChI is InChI=1S/C32H46O3/c1-7-22-31(6,10-4)35-28-20-16-26(17-21-28)32(23-12-11-13-24-32)25-14-18-27(19-15-25)34-29(33)30(5,8-2)9-3/h14-21H,7-13,22-24H2,1-6H3. The lowest BCUT2D eigenvalue weighted by atomic mass is 9.65. The van der Waals surface area contributed by atoms with Crippen LogP contribution >= 0.6 is 0 Å². The Morgan fingerprint density at radius 3 is 1.74 bits per heavy atom. The van der Waals surface area contributed by atoms with Crippen LogP contribution in [0.4, 0.5) is 0 Å². The van der Waals surface area contributed by atoms with E-state index >= 15 is 0 Å².